The molecular weight excluding hydrogens is 168 g/mol. The van der Waals surface area contributed by atoms with Crippen LogP contribution in [0.25, 0.3) is 5.57 Å². The molecule has 0 saturated heterocycles. The van der Waals surface area contributed by atoms with Crippen LogP contribution in [0.1, 0.15) is 24.5 Å². The molecule has 2 rings (SSSR count). The van der Waals surface area contributed by atoms with Gasteiger partial charge in [-0.15, -0.1) is 0 Å². The average molecular weight is 184 g/mol. The van der Waals surface area contributed by atoms with Crippen LogP contribution in [0.3, 0.4) is 0 Å². The Morgan fingerprint density at radius 3 is 2.93 bits per heavy atom. The van der Waals surface area contributed by atoms with Gasteiger partial charge in [-0.2, -0.15) is 0 Å². The van der Waals surface area contributed by atoms with Crippen molar-refractivity contribution < 1.29 is 0 Å². The molecule has 0 radical (unpaired) electrons. The molecule has 0 aromatic heterocycles. The van der Waals surface area contributed by atoms with Gasteiger partial charge in [-0.3, -0.25) is 0 Å². The Balaban J connectivity index is 2.47. The molecular formula is C14H16. The Morgan fingerprint density at radius 2 is 2.21 bits per heavy atom. The molecule has 0 spiro atoms. The van der Waals surface area contributed by atoms with E-state index in [1.165, 1.54) is 29.5 Å². The minimum atomic E-state index is 0.699. The highest BCUT2D eigenvalue weighted by Gasteiger charge is 2.23. The second-order valence-corrected chi connectivity index (χ2v) is 3.82. The maximum Gasteiger partial charge on any atom is -0.0118 e. The Kier molecular flexibility index (Phi) is 2.53. The minimum Gasteiger partial charge on any atom is -0.0991 e. The number of rotatable bonds is 2. The Bertz CT molecular complexity index is 371. The van der Waals surface area contributed by atoms with Gasteiger partial charge in [-0.05, 0) is 35.5 Å². The number of allylic oxidation sites excluding steroid dienone is 3. The molecule has 1 aliphatic rings. The zero-order chi connectivity index (χ0) is 9.97. The standard InChI is InChI=1S/C14H16/c1-3-7-13-11(4-2)10-12-8-5-6-9-14(12)13/h3,5-9,11H,1,4,10H2,2H3/b13-7+. The lowest BCUT2D eigenvalue weighted by Gasteiger charge is -2.07. The maximum atomic E-state index is 3.79. The van der Waals surface area contributed by atoms with Crippen LogP contribution in [0.2, 0.25) is 0 Å². The van der Waals surface area contributed by atoms with E-state index in [9.17, 15) is 0 Å². The first kappa shape index (κ1) is 9.26. The fraction of sp³-hybridized carbons (Fsp3) is 0.286. The van der Waals surface area contributed by atoms with Crippen molar-refractivity contribution in [1.29, 1.82) is 0 Å². The molecule has 0 nitrogen and oxygen atoms in total. The van der Waals surface area contributed by atoms with Gasteiger partial charge in [-0.1, -0.05) is 49.9 Å². The lowest BCUT2D eigenvalue weighted by atomic mass is 9.97. The van der Waals surface area contributed by atoms with Crippen molar-refractivity contribution in [3.05, 3.63) is 54.1 Å². The Hall–Kier alpha value is -1.30. The van der Waals surface area contributed by atoms with Gasteiger partial charge in [0.25, 0.3) is 0 Å². The second-order valence-electron chi connectivity index (χ2n) is 3.82. The summed E-state index contributed by atoms with van der Waals surface area (Å²) in [5, 5.41) is 0. The van der Waals surface area contributed by atoms with Crippen LogP contribution in [0, 0.1) is 5.92 Å². The van der Waals surface area contributed by atoms with Gasteiger partial charge in [0.05, 0.1) is 0 Å². The van der Waals surface area contributed by atoms with Crippen LogP contribution in [-0.2, 0) is 6.42 Å². The average Bonchev–Trinajstić information content (AvgIpc) is 2.58. The highest BCUT2D eigenvalue weighted by Crippen LogP contribution is 2.38. The number of hydrogen-bond acceptors (Lipinski definition) is 0. The van der Waals surface area contributed by atoms with E-state index in [1.807, 2.05) is 6.08 Å². The minimum absolute atomic E-state index is 0.699. The van der Waals surface area contributed by atoms with Crippen molar-refractivity contribution in [3.8, 4) is 0 Å². The third-order valence-corrected chi connectivity index (χ3v) is 3.02. The zero-order valence-corrected chi connectivity index (χ0v) is 8.66. The highest BCUT2D eigenvalue weighted by molar-refractivity contribution is 5.75. The van der Waals surface area contributed by atoms with Crippen molar-refractivity contribution in [2.45, 2.75) is 19.8 Å². The summed E-state index contributed by atoms with van der Waals surface area (Å²) >= 11 is 0. The molecule has 0 bridgehead atoms. The van der Waals surface area contributed by atoms with Crippen LogP contribution in [0.5, 0.6) is 0 Å². The molecule has 0 heterocycles. The molecule has 1 aromatic carbocycles. The van der Waals surface area contributed by atoms with Crippen LogP contribution < -0.4 is 0 Å². The summed E-state index contributed by atoms with van der Waals surface area (Å²) in [5.74, 6) is 0.699. The van der Waals surface area contributed by atoms with E-state index in [0.717, 1.165) is 0 Å². The third kappa shape index (κ3) is 1.41. The predicted molar refractivity (Wildman–Crippen MR) is 62.1 cm³/mol. The van der Waals surface area contributed by atoms with Crippen LogP contribution in [0.15, 0.2) is 43.0 Å². The van der Waals surface area contributed by atoms with E-state index >= 15 is 0 Å². The van der Waals surface area contributed by atoms with Gasteiger partial charge in [0.2, 0.25) is 0 Å². The number of fused-ring (bicyclic) bond motifs is 1. The SMILES string of the molecule is C=C/C=C1/c2ccccc2CC1CC. The van der Waals surface area contributed by atoms with E-state index in [0.29, 0.717) is 5.92 Å². The molecule has 1 aromatic rings. The van der Waals surface area contributed by atoms with Crippen molar-refractivity contribution in [2.24, 2.45) is 5.92 Å². The fourth-order valence-electron chi connectivity index (χ4n) is 2.29. The molecule has 0 aliphatic heterocycles. The molecule has 0 N–H and O–H groups in total. The first-order chi connectivity index (χ1) is 6.86. The molecule has 14 heavy (non-hydrogen) atoms. The topological polar surface area (TPSA) is 0 Å². The lowest BCUT2D eigenvalue weighted by Crippen LogP contribution is -1.95. The number of benzene rings is 1. The molecule has 0 fully saturated rings. The molecule has 1 atom stereocenters. The van der Waals surface area contributed by atoms with Crippen molar-refractivity contribution in [2.75, 3.05) is 0 Å². The van der Waals surface area contributed by atoms with Gasteiger partial charge in [0.15, 0.2) is 0 Å². The van der Waals surface area contributed by atoms with E-state index in [4.69, 9.17) is 0 Å². The Labute approximate surface area is 86.0 Å². The third-order valence-electron chi connectivity index (χ3n) is 3.02. The molecule has 72 valence electrons. The van der Waals surface area contributed by atoms with Crippen LogP contribution in [0.4, 0.5) is 0 Å². The monoisotopic (exact) mass is 184 g/mol. The second kappa shape index (κ2) is 3.83. The highest BCUT2D eigenvalue weighted by atomic mass is 14.3. The summed E-state index contributed by atoms with van der Waals surface area (Å²) in [6.45, 7) is 6.05. The summed E-state index contributed by atoms with van der Waals surface area (Å²) in [6.07, 6.45) is 6.49. The Morgan fingerprint density at radius 1 is 1.43 bits per heavy atom. The normalized spacial score (nSPS) is 22.4. The molecule has 0 saturated carbocycles. The first-order valence-electron chi connectivity index (χ1n) is 5.27. The van der Waals surface area contributed by atoms with E-state index < -0.39 is 0 Å². The van der Waals surface area contributed by atoms with E-state index in [-0.39, 0.29) is 0 Å². The van der Waals surface area contributed by atoms with Gasteiger partial charge in [0, 0.05) is 0 Å². The molecule has 1 unspecified atom stereocenters. The summed E-state index contributed by atoms with van der Waals surface area (Å²) in [6, 6.07) is 8.71. The maximum absolute atomic E-state index is 3.79. The largest absolute Gasteiger partial charge is 0.0991 e. The van der Waals surface area contributed by atoms with Gasteiger partial charge in [0.1, 0.15) is 0 Å². The first-order valence-corrected chi connectivity index (χ1v) is 5.27. The lowest BCUT2D eigenvalue weighted by molar-refractivity contribution is 0.668. The number of hydrogen-bond donors (Lipinski definition) is 0. The molecule has 1 aliphatic carbocycles. The van der Waals surface area contributed by atoms with Crippen molar-refractivity contribution in [1.82, 2.24) is 0 Å². The zero-order valence-electron chi connectivity index (χ0n) is 8.66. The van der Waals surface area contributed by atoms with E-state index in [2.05, 4.69) is 43.8 Å². The van der Waals surface area contributed by atoms with Crippen molar-refractivity contribution in [3.63, 3.8) is 0 Å². The fourth-order valence-corrected chi connectivity index (χ4v) is 2.29. The van der Waals surface area contributed by atoms with Crippen LogP contribution in [-0.4, -0.2) is 0 Å². The summed E-state index contributed by atoms with van der Waals surface area (Å²) in [7, 11) is 0. The van der Waals surface area contributed by atoms with Gasteiger partial charge >= 0.3 is 0 Å². The molecule has 0 amide bonds. The van der Waals surface area contributed by atoms with E-state index in [1.54, 1.807) is 0 Å². The van der Waals surface area contributed by atoms with Crippen molar-refractivity contribution >= 4 is 5.57 Å². The van der Waals surface area contributed by atoms with Crippen LogP contribution >= 0.6 is 0 Å². The molecule has 0 heteroatoms. The summed E-state index contributed by atoms with van der Waals surface area (Å²) in [4.78, 5) is 0. The smallest absolute Gasteiger partial charge is 0.0118 e. The van der Waals surface area contributed by atoms with Gasteiger partial charge < -0.3 is 0 Å². The quantitative estimate of drug-likeness (QED) is 0.655. The predicted octanol–water partition coefficient (Wildman–Crippen LogP) is 3.84. The summed E-state index contributed by atoms with van der Waals surface area (Å²) in [5.41, 5.74) is 4.39. The van der Waals surface area contributed by atoms with Gasteiger partial charge in [-0.25, -0.2) is 0 Å². The summed E-state index contributed by atoms with van der Waals surface area (Å²) < 4.78 is 0.